The third kappa shape index (κ3) is 1.72. The minimum atomic E-state index is 0.564. The smallest absolute Gasteiger partial charge is 0.0959 e. The lowest BCUT2D eigenvalue weighted by atomic mass is 10.2. The van der Waals surface area contributed by atoms with Gasteiger partial charge in [-0.3, -0.25) is 0 Å². The van der Waals surface area contributed by atoms with Gasteiger partial charge in [0.05, 0.1) is 10.7 Å². The predicted octanol–water partition coefficient (Wildman–Crippen LogP) is 3.52. The Kier molecular flexibility index (Phi) is 2.51. The van der Waals surface area contributed by atoms with Crippen LogP contribution in [0, 0.1) is 0 Å². The summed E-state index contributed by atoms with van der Waals surface area (Å²) in [6, 6.07) is 0. The van der Waals surface area contributed by atoms with Gasteiger partial charge < -0.3 is 0 Å². The molecule has 0 saturated heterocycles. The van der Waals surface area contributed by atoms with Crippen molar-refractivity contribution in [2.45, 2.75) is 31.6 Å². The summed E-state index contributed by atoms with van der Waals surface area (Å²) < 4.78 is 0. The van der Waals surface area contributed by atoms with E-state index in [-0.39, 0.29) is 0 Å². The molecule has 0 spiro atoms. The predicted molar refractivity (Wildman–Crippen MR) is 56.3 cm³/mol. The van der Waals surface area contributed by atoms with Crippen molar-refractivity contribution < 1.29 is 0 Å². The molecule has 2 rings (SSSR count). The zero-order valence-corrected chi connectivity index (χ0v) is 9.49. The van der Waals surface area contributed by atoms with Crippen LogP contribution in [0.15, 0.2) is 5.38 Å². The zero-order chi connectivity index (χ0) is 8.55. The van der Waals surface area contributed by atoms with Crippen LogP contribution in [0.5, 0.6) is 0 Å². The highest BCUT2D eigenvalue weighted by Crippen LogP contribution is 2.41. The molecule has 1 aliphatic rings. The van der Waals surface area contributed by atoms with Crippen molar-refractivity contribution >= 4 is 27.3 Å². The number of thiazole rings is 1. The molecule has 1 heterocycles. The van der Waals surface area contributed by atoms with E-state index in [1.54, 1.807) is 0 Å². The summed E-state index contributed by atoms with van der Waals surface area (Å²) in [5.41, 5.74) is 1.26. The molecule has 1 atom stereocenters. The van der Waals surface area contributed by atoms with Gasteiger partial charge in [0.1, 0.15) is 0 Å². The molecule has 66 valence electrons. The average molecular weight is 246 g/mol. The number of alkyl halides is 1. The summed E-state index contributed by atoms with van der Waals surface area (Å²) in [7, 11) is 0. The summed E-state index contributed by atoms with van der Waals surface area (Å²) in [6.07, 6.45) is 2.71. The first-order valence-corrected chi connectivity index (χ1v) is 6.32. The zero-order valence-electron chi connectivity index (χ0n) is 7.09. The van der Waals surface area contributed by atoms with Gasteiger partial charge in [0, 0.05) is 22.5 Å². The second-order valence-electron chi connectivity index (χ2n) is 3.44. The first-order chi connectivity index (χ1) is 5.81. The highest BCUT2D eigenvalue weighted by Gasteiger charge is 2.26. The molecule has 0 N–H and O–H groups in total. The Labute approximate surface area is 85.3 Å². The van der Waals surface area contributed by atoms with E-state index in [2.05, 4.69) is 33.2 Å². The maximum Gasteiger partial charge on any atom is 0.0959 e. The Morgan fingerprint density at radius 1 is 1.75 bits per heavy atom. The van der Waals surface area contributed by atoms with E-state index < -0.39 is 0 Å². The standard InChI is InChI=1S/C9H12BrNS/c1-6(4-10)8-5-12-9(11-8)7-2-3-7/h5-7H,2-4H2,1H3. The van der Waals surface area contributed by atoms with Crippen molar-refractivity contribution in [2.24, 2.45) is 0 Å². The van der Waals surface area contributed by atoms with Gasteiger partial charge in [-0.2, -0.15) is 0 Å². The summed E-state index contributed by atoms with van der Waals surface area (Å²) in [5, 5.41) is 4.58. The normalized spacial score (nSPS) is 19.5. The average Bonchev–Trinajstić information content (AvgIpc) is 2.83. The molecule has 0 radical (unpaired) electrons. The third-order valence-electron chi connectivity index (χ3n) is 2.20. The van der Waals surface area contributed by atoms with E-state index in [0.29, 0.717) is 5.92 Å². The number of nitrogens with zero attached hydrogens (tertiary/aromatic N) is 1. The van der Waals surface area contributed by atoms with Gasteiger partial charge in [-0.15, -0.1) is 11.3 Å². The first-order valence-electron chi connectivity index (χ1n) is 4.32. The van der Waals surface area contributed by atoms with Gasteiger partial charge in [-0.05, 0) is 12.8 Å². The summed E-state index contributed by atoms with van der Waals surface area (Å²) in [4.78, 5) is 4.63. The van der Waals surface area contributed by atoms with Crippen molar-refractivity contribution in [3.8, 4) is 0 Å². The number of hydrogen-bond acceptors (Lipinski definition) is 2. The molecule has 1 unspecified atom stereocenters. The largest absolute Gasteiger partial charge is 0.246 e. The Hall–Kier alpha value is 0.110. The van der Waals surface area contributed by atoms with Crippen LogP contribution >= 0.6 is 27.3 Å². The molecule has 1 aromatic rings. The van der Waals surface area contributed by atoms with E-state index in [1.165, 1.54) is 23.5 Å². The van der Waals surface area contributed by atoms with E-state index >= 15 is 0 Å². The van der Waals surface area contributed by atoms with E-state index in [4.69, 9.17) is 0 Å². The van der Waals surface area contributed by atoms with Crippen LogP contribution in [0.1, 0.15) is 42.3 Å². The fourth-order valence-electron chi connectivity index (χ4n) is 1.12. The Bertz CT molecular complexity index is 267. The lowest BCUT2D eigenvalue weighted by Gasteiger charge is -2.00. The Morgan fingerprint density at radius 2 is 2.50 bits per heavy atom. The van der Waals surface area contributed by atoms with E-state index in [0.717, 1.165) is 11.2 Å². The molecule has 12 heavy (non-hydrogen) atoms. The van der Waals surface area contributed by atoms with Crippen LogP contribution in [0.4, 0.5) is 0 Å². The summed E-state index contributed by atoms with van der Waals surface area (Å²) in [5.74, 6) is 1.38. The quantitative estimate of drug-likeness (QED) is 0.743. The Morgan fingerprint density at radius 3 is 3.08 bits per heavy atom. The van der Waals surface area contributed by atoms with Crippen molar-refractivity contribution in [2.75, 3.05) is 5.33 Å². The van der Waals surface area contributed by atoms with Crippen LogP contribution in [0.25, 0.3) is 0 Å². The second kappa shape index (κ2) is 3.46. The molecule has 1 saturated carbocycles. The minimum Gasteiger partial charge on any atom is -0.246 e. The van der Waals surface area contributed by atoms with Crippen molar-refractivity contribution in [3.05, 3.63) is 16.1 Å². The maximum absolute atomic E-state index is 4.63. The van der Waals surface area contributed by atoms with E-state index in [1.807, 2.05) is 11.3 Å². The fraction of sp³-hybridized carbons (Fsp3) is 0.667. The first kappa shape index (κ1) is 8.70. The minimum absolute atomic E-state index is 0.564. The number of aromatic nitrogens is 1. The molecule has 0 bridgehead atoms. The second-order valence-corrected chi connectivity index (χ2v) is 4.98. The molecule has 1 aliphatic carbocycles. The number of rotatable bonds is 3. The Balaban J connectivity index is 2.12. The van der Waals surface area contributed by atoms with Crippen molar-refractivity contribution in [3.63, 3.8) is 0 Å². The van der Waals surface area contributed by atoms with Gasteiger partial charge in [-0.1, -0.05) is 22.9 Å². The van der Waals surface area contributed by atoms with Crippen molar-refractivity contribution in [1.82, 2.24) is 4.98 Å². The molecule has 0 aliphatic heterocycles. The third-order valence-corrected chi connectivity index (χ3v) is 4.20. The molecule has 3 heteroatoms. The molecule has 0 amide bonds. The molecular formula is C9H12BrNS. The summed E-state index contributed by atoms with van der Waals surface area (Å²) in [6.45, 7) is 2.21. The fourth-order valence-corrected chi connectivity index (χ4v) is 2.57. The van der Waals surface area contributed by atoms with Crippen LogP contribution in [0.2, 0.25) is 0 Å². The monoisotopic (exact) mass is 245 g/mol. The molecule has 1 aromatic heterocycles. The van der Waals surface area contributed by atoms with Crippen molar-refractivity contribution in [1.29, 1.82) is 0 Å². The summed E-state index contributed by atoms with van der Waals surface area (Å²) >= 11 is 5.31. The van der Waals surface area contributed by atoms with Gasteiger partial charge in [-0.25, -0.2) is 4.98 Å². The number of halogens is 1. The van der Waals surface area contributed by atoms with E-state index in [9.17, 15) is 0 Å². The van der Waals surface area contributed by atoms with Gasteiger partial charge >= 0.3 is 0 Å². The lowest BCUT2D eigenvalue weighted by Crippen LogP contribution is -1.94. The highest BCUT2D eigenvalue weighted by molar-refractivity contribution is 9.09. The van der Waals surface area contributed by atoms with Gasteiger partial charge in [0.25, 0.3) is 0 Å². The topological polar surface area (TPSA) is 12.9 Å². The van der Waals surface area contributed by atoms with Crippen LogP contribution < -0.4 is 0 Å². The highest BCUT2D eigenvalue weighted by atomic mass is 79.9. The number of hydrogen-bond donors (Lipinski definition) is 0. The molecule has 1 nitrogen and oxygen atoms in total. The maximum atomic E-state index is 4.63. The molecular weight excluding hydrogens is 234 g/mol. The lowest BCUT2D eigenvalue weighted by molar-refractivity contribution is 0.839. The van der Waals surface area contributed by atoms with Gasteiger partial charge in [0.15, 0.2) is 0 Å². The van der Waals surface area contributed by atoms with Crippen LogP contribution in [0.3, 0.4) is 0 Å². The van der Waals surface area contributed by atoms with Gasteiger partial charge in [0.2, 0.25) is 0 Å². The molecule has 0 aromatic carbocycles. The SMILES string of the molecule is CC(CBr)c1csc(C2CC2)n1. The van der Waals surface area contributed by atoms with Crippen LogP contribution in [-0.2, 0) is 0 Å². The molecule has 1 fully saturated rings. The van der Waals surface area contributed by atoms with Crippen LogP contribution in [-0.4, -0.2) is 10.3 Å².